The van der Waals surface area contributed by atoms with E-state index in [-0.39, 0.29) is 5.91 Å². The van der Waals surface area contributed by atoms with Crippen LogP contribution in [0.15, 0.2) is 17.5 Å². The van der Waals surface area contributed by atoms with E-state index in [9.17, 15) is 4.79 Å². The van der Waals surface area contributed by atoms with Crippen LogP contribution < -0.4 is 11.1 Å². The molecule has 0 aliphatic carbocycles. The Morgan fingerprint density at radius 2 is 2.05 bits per heavy atom. The molecular formula is C14H22N2OS2. The van der Waals surface area contributed by atoms with Crippen molar-refractivity contribution in [2.75, 3.05) is 0 Å². The van der Waals surface area contributed by atoms with Crippen molar-refractivity contribution in [2.24, 2.45) is 11.1 Å². The van der Waals surface area contributed by atoms with Gasteiger partial charge in [-0.25, -0.2) is 0 Å². The van der Waals surface area contributed by atoms with Crippen LogP contribution in [0.2, 0.25) is 0 Å². The second-order valence-corrected chi connectivity index (χ2v) is 6.18. The van der Waals surface area contributed by atoms with Gasteiger partial charge in [0, 0.05) is 4.88 Å². The largest absolute Gasteiger partial charge is 0.392 e. The molecule has 0 unspecified atom stereocenters. The maximum atomic E-state index is 12.5. The molecule has 106 valence electrons. The van der Waals surface area contributed by atoms with E-state index in [2.05, 4.69) is 19.2 Å². The topological polar surface area (TPSA) is 55.1 Å². The predicted octanol–water partition coefficient (Wildman–Crippen LogP) is 3.24. The summed E-state index contributed by atoms with van der Waals surface area (Å²) >= 11 is 6.80. The van der Waals surface area contributed by atoms with Crippen molar-refractivity contribution in [1.29, 1.82) is 0 Å². The van der Waals surface area contributed by atoms with Crippen LogP contribution in [-0.4, -0.2) is 10.9 Å². The van der Waals surface area contributed by atoms with Gasteiger partial charge in [0.1, 0.15) is 0 Å². The fourth-order valence-electron chi connectivity index (χ4n) is 2.31. The normalized spacial score (nSPS) is 11.3. The van der Waals surface area contributed by atoms with Gasteiger partial charge in [0.05, 0.1) is 16.9 Å². The van der Waals surface area contributed by atoms with Crippen LogP contribution in [0.5, 0.6) is 0 Å². The minimum Gasteiger partial charge on any atom is -0.392 e. The third-order valence-electron chi connectivity index (χ3n) is 3.26. The zero-order valence-corrected chi connectivity index (χ0v) is 13.2. The van der Waals surface area contributed by atoms with Gasteiger partial charge in [-0.3, -0.25) is 4.79 Å². The average Bonchev–Trinajstić information content (AvgIpc) is 2.88. The molecule has 0 atom stereocenters. The molecule has 3 N–H and O–H groups in total. The summed E-state index contributed by atoms with van der Waals surface area (Å²) in [4.78, 5) is 14.0. The second-order valence-electron chi connectivity index (χ2n) is 4.71. The van der Waals surface area contributed by atoms with Crippen molar-refractivity contribution < 1.29 is 4.79 Å². The Balaban J connectivity index is 2.77. The minimum absolute atomic E-state index is 0.0305. The molecule has 0 spiro atoms. The van der Waals surface area contributed by atoms with Crippen LogP contribution in [0.1, 0.15) is 44.4 Å². The van der Waals surface area contributed by atoms with Gasteiger partial charge in [0.15, 0.2) is 0 Å². The summed E-state index contributed by atoms with van der Waals surface area (Å²) in [6.07, 6.45) is 3.21. The number of thiophene rings is 1. The lowest BCUT2D eigenvalue weighted by Crippen LogP contribution is -2.48. The Labute approximate surface area is 124 Å². The Kier molecular flexibility index (Phi) is 6.45. The van der Waals surface area contributed by atoms with Crippen molar-refractivity contribution in [1.82, 2.24) is 5.32 Å². The molecule has 1 heterocycles. The van der Waals surface area contributed by atoms with Crippen molar-refractivity contribution in [3.63, 3.8) is 0 Å². The van der Waals surface area contributed by atoms with Gasteiger partial charge in [-0.2, -0.15) is 0 Å². The van der Waals surface area contributed by atoms with E-state index in [1.54, 1.807) is 11.3 Å². The molecule has 0 aliphatic heterocycles. The first kappa shape index (κ1) is 16.1. The minimum atomic E-state index is -0.684. The molecule has 5 heteroatoms. The molecule has 3 nitrogen and oxygen atoms in total. The Morgan fingerprint density at radius 3 is 2.47 bits per heavy atom. The quantitative estimate of drug-likeness (QED) is 0.724. The van der Waals surface area contributed by atoms with Crippen LogP contribution in [0.4, 0.5) is 0 Å². The highest BCUT2D eigenvalue weighted by Gasteiger charge is 2.39. The number of hydrogen-bond donors (Lipinski definition) is 2. The third kappa shape index (κ3) is 4.01. The first-order valence-electron chi connectivity index (χ1n) is 6.67. The lowest BCUT2D eigenvalue weighted by molar-refractivity contribution is -0.128. The van der Waals surface area contributed by atoms with Crippen LogP contribution in [0.3, 0.4) is 0 Å². The van der Waals surface area contributed by atoms with E-state index in [1.807, 2.05) is 17.5 Å². The fraction of sp³-hybridized carbons (Fsp3) is 0.571. The summed E-state index contributed by atoms with van der Waals surface area (Å²) in [6, 6.07) is 3.98. The Hall–Kier alpha value is -0.940. The zero-order chi connectivity index (χ0) is 14.3. The van der Waals surface area contributed by atoms with Gasteiger partial charge in [-0.05, 0) is 24.3 Å². The summed E-state index contributed by atoms with van der Waals surface area (Å²) in [5.41, 5.74) is 5.18. The highest BCUT2D eigenvalue weighted by atomic mass is 32.1. The number of hydrogen-bond acceptors (Lipinski definition) is 3. The Bertz CT molecular complexity index is 409. The van der Waals surface area contributed by atoms with Gasteiger partial charge in [0.2, 0.25) is 5.91 Å². The van der Waals surface area contributed by atoms with Crippen molar-refractivity contribution >= 4 is 34.5 Å². The molecule has 0 radical (unpaired) electrons. The number of nitrogens with two attached hydrogens (primary N) is 1. The van der Waals surface area contributed by atoms with Crippen molar-refractivity contribution in [3.8, 4) is 0 Å². The molecule has 0 aliphatic rings. The molecule has 1 aromatic rings. The maximum absolute atomic E-state index is 12.5. The third-order valence-corrected chi connectivity index (χ3v) is 4.53. The number of carbonyl (C=O) groups is 1. The monoisotopic (exact) mass is 298 g/mol. The van der Waals surface area contributed by atoms with E-state index in [0.29, 0.717) is 24.4 Å². The summed E-state index contributed by atoms with van der Waals surface area (Å²) in [6.45, 7) is 4.65. The number of thiocarbonyl (C=S) groups is 1. The lowest BCUT2D eigenvalue weighted by atomic mass is 9.78. The van der Waals surface area contributed by atoms with Gasteiger partial charge >= 0.3 is 0 Å². The molecule has 0 saturated carbocycles. The first-order chi connectivity index (χ1) is 9.06. The fourth-order valence-corrected chi connectivity index (χ4v) is 3.26. The predicted molar refractivity (Wildman–Crippen MR) is 85.2 cm³/mol. The molecule has 1 amide bonds. The van der Waals surface area contributed by atoms with E-state index in [4.69, 9.17) is 18.0 Å². The van der Waals surface area contributed by atoms with Crippen molar-refractivity contribution in [3.05, 3.63) is 22.4 Å². The number of rotatable bonds is 8. The molecule has 0 aromatic carbocycles. The van der Waals surface area contributed by atoms with Crippen LogP contribution in [0, 0.1) is 5.41 Å². The number of carbonyl (C=O) groups excluding carboxylic acids is 1. The second kappa shape index (κ2) is 7.60. The molecule has 0 saturated heterocycles. The maximum Gasteiger partial charge on any atom is 0.233 e. The first-order valence-corrected chi connectivity index (χ1v) is 7.96. The zero-order valence-electron chi connectivity index (χ0n) is 11.6. The van der Waals surface area contributed by atoms with Crippen LogP contribution >= 0.6 is 23.6 Å². The lowest BCUT2D eigenvalue weighted by Gasteiger charge is -2.30. The molecule has 0 bridgehead atoms. The molecular weight excluding hydrogens is 276 g/mol. The van der Waals surface area contributed by atoms with E-state index in [0.717, 1.165) is 17.7 Å². The van der Waals surface area contributed by atoms with Gasteiger partial charge < -0.3 is 11.1 Å². The van der Waals surface area contributed by atoms with E-state index in [1.165, 1.54) is 0 Å². The summed E-state index contributed by atoms with van der Waals surface area (Å²) in [5, 5.41) is 4.98. The number of amides is 1. The van der Waals surface area contributed by atoms with Gasteiger partial charge in [-0.1, -0.05) is 45.0 Å². The number of nitrogens with one attached hydrogen (secondary N) is 1. The molecule has 19 heavy (non-hydrogen) atoms. The highest BCUT2D eigenvalue weighted by molar-refractivity contribution is 7.80. The molecule has 1 aromatic heterocycles. The summed E-state index contributed by atoms with van der Waals surface area (Å²) < 4.78 is 0. The smallest absolute Gasteiger partial charge is 0.233 e. The van der Waals surface area contributed by atoms with E-state index < -0.39 is 5.41 Å². The van der Waals surface area contributed by atoms with Crippen molar-refractivity contribution in [2.45, 2.75) is 46.1 Å². The SMILES string of the molecule is CCCC(CCC)(C(=O)NCc1cccs1)C(N)=S. The highest BCUT2D eigenvalue weighted by Crippen LogP contribution is 2.31. The van der Waals surface area contributed by atoms with Gasteiger partial charge in [-0.15, -0.1) is 11.3 Å². The average molecular weight is 298 g/mol. The summed E-state index contributed by atoms with van der Waals surface area (Å²) in [5.74, 6) is -0.0305. The Morgan fingerprint density at radius 1 is 1.42 bits per heavy atom. The standard InChI is InChI=1S/C14H22N2OS2/c1-3-7-14(8-4-2,12(15)18)13(17)16-10-11-6-5-9-19-11/h5-6,9H,3-4,7-8,10H2,1-2H3,(H2,15,18)(H,16,17). The van der Waals surface area contributed by atoms with Gasteiger partial charge in [0.25, 0.3) is 0 Å². The van der Waals surface area contributed by atoms with Crippen LogP contribution in [0.25, 0.3) is 0 Å². The molecule has 0 fully saturated rings. The molecule has 1 rings (SSSR count). The van der Waals surface area contributed by atoms with E-state index >= 15 is 0 Å². The van der Waals surface area contributed by atoms with Crippen LogP contribution in [-0.2, 0) is 11.3 Å². The summed E-state index contributed by atoms with van der Waals surface area (Å²) in [7, 11) is 0.